The standard InChI is InChI=1S/C29H31F2N3O4/c1-18(35)34-27(13-20-11-22(30)15-23(31)12-20)28(36)16-33-26-9-10-32-25-8-7-21(14-24(25)26)29(37)38-17-19-5-3-2-4-6-19/h2-8,11-12,14-15,26-28,32-33,36H,9-10,13,16-17H2,1H3,(H,34,35). The molecule has 3 aromatic carbocycles. The molecule has 3 atom stereocenters. The maximum absolute atomic E-state index is 13.7. The van der Waals surface area contributed by atoms with E-state index in [1.165, 1.54) is 19.1 Å². The first-order valence-electron chi connectivity index (χ1n) is 12.5. The van der Waals surface area contributed by atoms with Crippen LogP contribution in [0.2, 0.25) is 0 Å². The highest BCUT2D eigenvalue weighted by Crippen LogP contribution is 2.31. The highest BCUT2D eigenvalue weighted by Gasteiger charge is 2.26. The number of hydrogen-bond acceptors (Lipinski definition) is 6. The number of rotatable bonds is 10. The number of ether oxygens (including phenoxy) is 1. The van der Waals surface area contributed by atoms with Gasteiger partial charge in [0, 0.05) is 37.8 Å². The molecule has 3 unspecified atom stereocenters. The Morgan fingerprint density at radius 3 is 2.50 bits per heavy atom. The molecule has 0 bridgehead atoms. The van der Waals surface area contributed by atoms with Crippen LogP contribution in [0.4, 0.5) is 14.5 Å². The summed E-state index contributed by atoms with van der Waals surface area (Å²) < 4.78 is 32.8. The maximum Gasteiger partial charge on any atom is 0.338 e. The number of hydrogen-bond donors (Lipinski definition) is 4. The molecule has 1 heterocycles. The molecular weight excluding hydrogens is 492 g/mol. The predicted molar refractivity (Wildman–Crippen MR) is 140 cm³/mol. The van der Waals surface area contributed by atoms with Crippen molar-refractivity contribution in [2.24, 2.45) is 0 Å². The van der Waals surface area contributed by atoms with Gasteiger partial charge in [0.1, 0.15) is 18.2 Å². The summed E-state index contributed by atoms with van der Waals surface area (Å²) in [6.07, 6.45) is -0.290. The van der Waals surface area contributed by atoms with Gasteiger partial charge in [-0.05, 0) is 59.9 Å². The Labute approximate surface area is 220 Å². The molecule has 1 amide bonds. The SMILES string of the molecule is CC(=O)NC(Cc1cc(F)cc(F)c1)C(O)CNC1CCNc2ccc(C(=O)OCc3ccccc3)cc21. The summed E-state index contributed by atoms with van der Waals surface area (Å²) in [5.74, 6) is -2.25. The number of amides is 1. The van der Waals surface area contributed by atoms with Crippen LogP contribution in [0.1, 0.15) is 46.4 Å². The molecule has 4 rings (SSSR count). The van der Waals surface area contributed by atoms with Crippen molar-refractivity contribution < 1.29 is 28.2 Å². The largest absolute Gasteiger partial charge is 0.457 e. The molecule has 4 N–H and O–H groups in total. The molecule has 1 aliphatic rings. The summed E-state index contributed by atoms with van der Waals surface area (Å²) in [6.45, 7) is 2.29. The van der Waals surface area contributed by atoms with Gasteiger partial charge in [-0.2, -0.15) is 0 Å². The van der Waals surface area contributed by atoms with Crippen molar-refractivity contribution in [3.8, 4) is 0 Å². The van der Waals surface area contributed by atoms with Crippen LogP contribution in [0.3, 0.4) is 0 Å². The average molecular weight is 524 g/mol. The van der Waals surface area contributed by atoms with Gasteiger partial charge in [-0.15, -0.1) is 0 Å². The van der Waals surface area contributed by atoms with E-state index in [4.69, 9.17) is 4.74 Å². The lowest BCUT2D eigenvalue weighted by Gasteiger charge is -2.30. The smallest absolute Gasteiger partial charge is 0.338 e. The fraction of sp³-hybridized carbons (Fsp3) is 0.310. The Morgan fingerprint density at radius 2 is 1.79 bits per heavy atom. The van der Waals surface area contributed by atoms with Crippen molar-refractivity contribution in [1.29, 1.82) is 0 Å². The summed E-state index contributed by atoms with van der Waals surface area (Å²) in [5.41, 5.74) is 3.37. The lowest BCUT2D eigenvalue weighted by Crippen LogP contribution is -2.48. The van der Waals surface area contributed by atoms with Crippen molar-refractivity contribution in [3.63, 3.8) is 0 Å². The lowest BCUT2D eigenvalue weighted by molar-refractivity contribution is -0.120. The van der Waals surface area contributed by atoms with E-state index >= 15 is 0 Å². The number of anilines is 1. The summed E-state index contributed by atoms with van der Waals surface area (Å²) in [5, 5.41) is 20.2. The molecule has 0 fully saturated rings. The van der Waals surface area contributed by atoms with E-state index in [1.807, 2.05) is 36.4 Å². The zero-order valence-electron chi connectivity index (χ0n) is 21.0. The van der Waals surface area contributed by atoms with E-state index in [2.05, 4.69) is 16.0 Å². The molecule has 3 aromatic rings. The number of carbonyl (C=O) groups is 2. The second-order valence-corrected chi connectivity index (χ2v) is 9.40. The molecule has 200 valence electrons. The van der Waals surface area contributed by atoms with Crippen molar-refractivity contribution in [3.05, 3.63) is 101 Å². The Balaban J connectivity index is 1.42. The number of esters is 1. The van der Waals surface area contributed by atoms with Gasteiger partial charge in [-0.25, -0.2) is 13.6 Å². The Kier molecular flexibility index (Phi) is 9.04. The third kappa shape index (κ3) is 7.36. The van der Waals surface area contributed by atoms with E-state index in [1.54, 1.807) is 12.1 Å². The quantitative estimate of drug-likeness (QED) is 0.301. The number of fused-ring (bicyclic) bond motifs is 1. The monoisotopic (exact) mass is 523 g/mol. The molecule has 0 saturated carbocycles. The summed E-state index contributed by atoms with van der Waals surface area (Å²) in [4.78, 5) is 24.4. The number of benzene rings is 3. The number of halogens is 2. The second-order valence-electron chi connectivity index (χ2n) is 9.40. The normalized spacial score (nSPS) is 16.1. The number of nitrogens with one attached hydrogen (secondary N) is 3. The van der Waals surface area contributed by atoms with Gasteiger partial charge >= 0.3 is 5.97 Å². The van der Waals surface area contributed by atoms with Gasteiger partial charge in [0.05, 0.1) is 17.7 Å². The van der Waals surface area contributed by atoms with Crippen molar-refractivity contribution in [2.75, 3.05) is 18.4 Å². The molecule has 38 heavy (non-hydrogen) atoms. The fourth-order valence-electron chi connectivity index (χ4n) is 4.60. The first-order chi connectivity index (χ1) is 18.3. The Hall–Kier alpha value is -3.82. The first kappa shape index (κ1) is 27.2. The highest BCUT2D eigenvalue weighted by atomic mass is 19.1. The van der Waals surface area contributed by atoms with E-state index in [0.29, 0.717) is 24.1 Å². The minimum atomic E-state index is -1.04. The molecule has 7 nitrogen and oxygen atoms in total. The van der Waals surface area contributed by atoms with E-state index in [0.717, 1.165) is 22.9 Å². The molecule has 0 spiro atoms. The van der Waals surface area contributed by atoms with Crippen LogP contribution in [0.15, 0.2) is 66.7 Å². The van der Waals surface area contributed by atoms with Crippen molar-refractivity contribution in [1.82, 2.24) is 10.6 Å². The van der Waals surface area contributed by atoms with Gasteiger partial charge < -0.3 is 25.8 Å². The topological polar surface area (TPSA) is 99.7 Å². The summed E-state index contributed by atoms with van der Waals surface area (Å²) in [7, 11) is 0. The second kappa shape index (κ2) is 12.6. The number of aliphatic hydroxyl groups excluding tert-OH is 1. The van der Waals surface area contributed by atoms with E-state index < -0.39 is 29.7 Å². The molecule has 0 aliphatic carbocycles. The first-order valence-corrected chi connectivity index (χ1v) is 12.5. The highest BCUT2D eigenvalue weighted by molar-refractivity contribution is 5.90. The maximum atomic E-state index is 13.7. The molecular formula is C29H31F2N3O4. The van der Waals surface area contributed by atoms with Crippen LogP contribution in [-0.4, -0.2) is 42.2 Å². The number of aliphatic hydroxyl groups is 1. The molecule has 0 radical (unpaired) electrons. The molecule has 0 saturated heterocycles. The summed E-state index contributed by atoms with van der Waals surface area (Å²) >= 11 is 0. The minimum absolute atomic E-state index is 0.0529. The van der Waals surface area contributed by atoms with Crippen molar-refractivity contribution >= 4 is 17.6 Å². The van der Waals surface area contributed by atoms with Gasteiger partial charge in [-0.3, -0.25) is 4.79 Å². The van der Waals surface area contributed by atoms with E-state index in [9.17, 15) is 23.5 Å². The van der Waals surface area contributed by atoms with Gasteiger partial charge in [0.15, 0.2) is 0 Å². The average Bonchev–Trinajstić information content (AvgIpc) is 2.89. The lowest BCUT2D eigenvalue weighted by atomic mass is 9.95. The summed E-state index contributed by atoms with van der Waals surface area (Å²) in [6, 6.07) is 16.9. The zero-order chi connectivity index (χ0) is 27.1. The Bertz CT molecular complexity index is 1250. The van der Waals surface area contributed by atoms with Crippen LogP contribution in [-0.2, 0) is 22.6 Å². The van der Waals surface area contributed by atoms with Gasteiger partial charge in [0.25, 0.3) is 0 Å². The molecule has 0 aromatic heterocycles. The fourth-order valence-corrected chi connectivity index (χ4v) is 4.60. The van der Waals surface area contributed by atoms with Crippen LogP contribution in [0, 0.1) is 11.6 Å². The van der Waals surface area contributed by atoms with E-state index in [-0.39, 0.29) is 31.5 Å². The van der Waals surface area contributed by atoms with Gasteiger partial charge in [0.2, 0.25) is 5.91 Å². The van der Waals surface area contributed by atoms with Crippen LogP contribution >= 0.6 is 0 Å². The number of carbonyl (C=O) groups excluding carboxylic acids is 2. The van der Waals surface area contributed by atoms with Crippen LogP contribution in [0.5, 0.6) is 0 Å². The third-order valence-corrected chi connectivity index (χ3v) is 6.43. The Morgan fingerprint density at radius 1 is 1.05 bits per heavy atom. The predicted octanol–water partition coefficient (Wildman–Crippen LogP) is 3.88. The van der Waals surface area contributed by atoms with Crippen LogP contribution < -0.4 is 16.0 Å². The third-order valence-electron chi connectivity index (χ3n) is 6.43. The van der Waals surface area contributed by atoms with Crippen molar-refractivity contribution in [2.45, 2.75) is 44.6 Å². The van der Waals surface area contributed by atoms with Gasteiger partial charge in [-0.1, -0.05) is 30.3 Å². The zero-order valence-corrected chi connectivity index (χ0v) is 21.0. The van der Waals surface area contributed by atoms with Crippen LogP contribution in [0.25, 0.3) is 0 Å². The molecule has 9 heteroatoms. The minimum Gasteiger partial charge on any atom is -0.457 e. The molecule has 1 aliphatic heterocycles.